The fourth-order valence-corrected chi connectivity index (χ4v) is 7.06. The second-order valence-corrected chi connectivity index (χ2v) is 12.2. The summed E-state index contributed by atoms with van der Waals surface area (Å²) in [6.45, 7) is 4.40. The maximum Gasteiger partial charge on any atom is 0.0991 e. The third-order valence-electron chi connectivity index (χ3n) is 9.29. The molecule has 48 heavy (non-hydrogen) atoms. The van der Waals surface area contributed by atoms with Crippen LogP contribution in [-0.2, 0) is 0 Å². The zero-order valence-electron chi connectivity index (χ0n) is 26.6. The third-order valence-corrected chi connectivity index (χ3v) is 9.29. The van der Waals surface area contributed by atoms with Gasteiger partial charge in [-0.1, -0.05) is 48.5 Å². The molecule has 226 valence electrons. The first-order valence-electron chi connectivity index (χ1n) is 16.0. The van der Waals surface area contributed by atoms with Crippen molar-refractivity contribution in [2.24, 2.45) is 0 Å². The Kier molecular flexibility index (Phi) is 6.98. The molecule has 0 aromatic heterocycles. The van der Waals surface area contributed by atoms with E-state index in [1.165, 1.54) is 43.4 Å². The molecule has 0 saturated carbocycles. The molecule has 8 rings (SSSR count). The van der Waals surface area contributed by atoms with E-state index in [4.69, 9.17) is 0 Å². The molecule has 8 aromatic rings. The first kappa shape index (κ1) is 28.8. The van der Waals surface area contributed by atoms with Crippen LogP contribution >= 0.6 is 0 Å². The zero-order valence-corrected chi connectivity index (χ0v) is 26.6. The first-order valence-corrected chi connectivity index (χ1v) is 16.0. The molecular formula is C44H30N4. The van der Waals surface area contributed by atoms with Gasteiger partial charge in [0.1, 0.15) is 0 Å². The first-order chi connectivity index (χ1) is 23.6. The maximum atomic E-state index is 9.51. The maximum absolute atomic E-state index is 9.51. The van der Waals surface area contributed by atoms with Crippen LogP contribution in [0.25, 0.3) is 32.3 Å². The van der Waals surface area contributed by atoms with Gasteiger partial charge < -0.3 is 9.80 Å². The van der Waals surface area contributed by atoms with E-state index in [2.05, 4.69) is 121 Å². The lowest BCUT2D eigenvalue weighted by atomic mass is 9.87. The molecule has 0 radical (unpaired) electrons. The molecule has 0 aliphatic rings. The van der Waals surface area contributed by atoms with Gasteiger partial charge in [-0.15, -0.1) is 0 Å². The molecule has 0 spiro atoms. The van der Waals surface area contributed by atoms with Crippen LogP contribution < -0.4 is 9.80 Å². The Morgan fingerprint density at radius 1 is 0.396 bits per heavy atom. The Labute approximate surface area is 279 Å². The normalized spacial score (nSPS) is 11.1. The summed E-state index contributed by atoms with van der Waals surface area (Å²) in [5, 5.41) is 26.3. The highest BCUT2D eigenvalue weighted by molar-refractivity contribution is 6.29. The molecule has 4 nitrogen and oxygen atoms in total. The van der Waals surface area contributed by atoms with Crippen molar-refractivity contribution in [1.82, 2.24) is 0 Å². The molecule has 0 fully saturated rings. The Balaban J connectivity index is 1.44. The smallest absolute Gasteiger partial charge is 0.0991 e. The van der Waals surface area contributed by atoms with Crippen LogP contribution in [0.15, 0.2) is 146 Å². The standard InChI is InChI=1S/C44H30N4/c1-29-25-39-41(47(33-9-5-3-6-10-33)35-17-13-31(27-45)14-18-35)24-22-38-30(2)26-40-42(23-21-37(29)43(40)44(38)39)48(34-11-7-4-8-12-34)36-19-15-32(28-46)16-20-36/h3-26H,1-2H3. The van der Waals surface area contributed by atoms with Crippen molar-refractivity contribution >= 4 is 66.4 Å². The van der Waals surface area contributed by atoms with E-state index in [9.17, 15) is 10.5 Å². The van der Waals surface area contributed by atoms with Gasteiger partial charge in [0.25, 0.3) is 0 Å². The molecule has 0 amide bonds. The molecular weight excluding hydrogens is 585 g/mol. The molecule has 0 bridgehead atoms. The lowest BCUT2D eigenvalue weighted by Gasteiger charge is -2.30. The number of anilines is 6. The van der Waals surface area contributed by atoms with E-state index in [1.54, 1.807) is 0 Å². The van der Waals surface area contributed by atoms with Crippen molar-refractivity contribution in [2.75, 3.05) is 9.80 Å². The van der Waals surface area contributed by atoms with E-state index in [0.717, 1.165) is 34.1 Å². The van der Waals surface area contributed by atoms with Gasteiger partial charge in [-0.3, -0.25) is 0 Å². The van der Waals surface area contributed by atoms with Crippen molar-refractivity contribution in [3.63, 3.8) is 0 Å². The Morgan fingerprint density at radius 3 is 1.10 bits per heavy atom. The predicted octanol–water partition coefficient (Wildman–Crippen LogP) is 11.9. The Morgan fingerprint density at radius 2 is 0.750 bits per heavy atom. The lowest BCUT2D eigenvalue weighted by molar-refractivity contribution is 1.29. The minimum atomic E-state index is 0.631. The van der Waals surface area contributed by atoms with Gasteiger partial charge >= 0.3 is 0 Å². The molecule has 8 aromatic carbocycles. The summed E-state index contributed by atoms with van der Waals surface area (Å²) in [4.78, 5) is 4.57. The number of nitriles is 2. The average Bonchev–Trinajstić information content (AvgIpc) is 3.14. The Bertz CT molecular complexity index is 2340. The number of rotatable bonds is 6. The zero-order chi connectivity index (χ0) is 32.8. The minimum absolute atomic E-state index is 0.631. The monoisotopic (exact) mass is 614 g/mol. The molecule has 0 heterocycles. The van der Waals surface area contributed by atoms with Crippen LogP contribution in [0, 0.1) is 36.5 Å². The predicted molar refractivity (Wildman–Crippen MR) is 198 cm³/mol. The fourth-order valence-electron chi connectivity index (χ4n) is 7.06. The van der Waals surface area contributed by atoms with Crippen molar-refractivity contribution in [3.05, 3.63) is 168 Å². The van der Waals surface area contributed by atoms with Crippen molar-refractivity contribution < 1.29 is 0 Å². The molecule has 0 aliphatic heterocycles. The lowest BCUT2D eigenvalue weighted by Crippen LogP contribution is -2.12. The molecule has 0 atom stereocenters. The molecule has 0 N–H and O–H groups in total. The highest BCUT2D eigenvalue weighted by atomic mass is 15.1. The summed E-state index contributed by atoms with van der Waals surface area (Å²) in [6, 6.07) is 54.6. The average molecular weight is 615 g/mol. The number of nitrogens with zero attached hydrogens (tertiary/aromatic N) is 4. The number of para-hydroxylation sites is 2. The minimum Gasteiger partial charge on any atom is -0.310 e. The summed E-state index contributed by atoms with van der Waals surface area (Å²) in [7, 11) is 0. The van der Waals surface area contributed by atoms with Gasteiger partial charge in [0.15, 0.2) is 0 Å². The summed E-state index contributed by atoms with van der Waals surface area (Å²) in [6.07, 6.45) is 0. The number of benzene rings is 8. The Hall–Kier alpha value is -6.62. The van der Waals surface area contributed by atoms with E-state index in [-0.39, 0.29) is 0 Å². The molecule has 4 heteroatoms. The largest absolute Gasteiger partial charge is 0.310 e. The van der Waals surface area contributed by atoms with Crippen LogP contribution in [0.1, 0.15) is 22.3 Å². The van der Waals surface area contributed by atoms with Crippen LogP contribution in [0.5, 0.6) is 0 Å². The van der Waals surface area contributed by atoms with Crippen molar-refractivity contribution in [1.29, 1.82) is 10.5 Å². The molecule has 0 saturated heterocycles. The van der Waals surface area contributed by atoms with Gasteiger partial charge in [-0.25, -0.2) is 0 Å². The van der Waals surface area contributed by atoms with Gasteiger partial charge in [-0.2, -0.15) is 10.5 Å². The van der Waals surface area contributed by atoms with Crippen LogP contribution in [-0.4, -0.2) is 0 Å². The number of hydrogen-bond acceptors (Lipinski definition) is 4. The second kappa shape index (κ2) is 11.6. The van der Waals surface area contributed by atoms with Crippen LogP contribution in [0.3, 0.4) is 0 Å². The van der Waals surface area contributed by atoms with Gasteiger partial charge in [0, 0.05) is 33.5 Å². The van der Waals surface area contributed by atoms with Gasteiger partial charge in [0.05, 0.1) is 34.6 Å². The molecule has 0 aliphatic carbocycles. The highest BCUT2D eigenvalue weighted by Crippen LogP contribution is 2.49. The van der Waals surface area contributed by atoms with Gasteiger partial charge in [-0.05, 0) is 144 Å². The number of aryl methyl sites for hydroxylation is 2. The quantitative estimate of drug-likeness (QED) is 0.175. The van der Waals surface area contributed by atoms with E-state index in [1.807, 2.05) is 60.7 Å². The van der Waals surface area contributed by atoms with E-state index < -0.39 is 0 Å². The number of hydrogen-bond donors (Lipinski definition) is 0. The SMILES string of the molecule is Cc1cc2c(N(c3ccccc3)c3ccc(C#N)cc3)ccc3c(C)cc4c(N(c5ccccc5)c5ccc(C#N)cc5)ccc1c4c32. The van der Waals surface area contributed by atoms with Crippen molar-refractivity contribution in [2.45, 2.75) is 13.8 Å². The fraction of sp³-hybridized carbons (Fsp3) is 0.0455. The summed E-state index contributed by atoms with van der Waals surface area (Å²) < 4.78 is 0. The summed E-state index contributed by atoms with van der Waals surface area (Å²) in [5.74, 6) is 0. The van der Waals surface area contributed by atoms with E-state index in [0.29, 0.717) is 11.1 Å². The van der Waals surface area contributed by atoms with Crippen LogP contribution in [0.4, 0.5) is 34.1 Å². The van der Waals surface area contributed by atoms with Gasteiger partial charge in [0.2, 0.25) is 0 Å². The highest BCUT2D eigenvalue weighted by Gasteiger charge is 2.23. The van der Waals surface area contributed by atoms with E-state index >= 15 is 0 Å². The van der Waals surface area contributed by atoms with Crippen molar-refractivity contribution in [3.8, 4) is 12.1 Å². The molecule has 0 unspecified atom stereocenters. The summed E-state index contributed by atoms with van der Waals surface area (Å²) in [5.41, 5.74) is 9.89. The van der Waals surface area contributed by atoms with Crippen LogP contribution in [0.2, 0.25) is 0 Å². The topological polar surface area (TPSA) is 54.1 Å². The second-order valence-electron chi connectivity index (χ2n) is 12.2. The summed E-state index contributed by atoms with van der Waals surface area (Å²) >= 11 is 0. The third kappa shape index (κ3) is 4.68.